The molecule has 0 saturated carbocycles. The Labute approximate surface area is 838 Å². The van der Waals surface area contributed by atoms with Crippen LogP contribution in [-0.2, 0) is 16.2 Å². The third-order valence-electron chi connectivity index (χ3n) is 30.1. The minimum Gasteiger partial charge on any atom is -0.309 e. The fourth-order valence-electron chi connectivity index (χ4n) is 22.9. The largest absolute Gasteiger partial charge is 0.309 e. The molecule has 0 unspecified atom stereocenters. The van der Waals surface area contributed by atoms with Gasteiger partial charge in [-0.3, -0.25) is 9.13 Å². The van der Waals surface area contributed by atoms with Crippen LogP contribution in [0.2, 0.25) is 0 Å². The van der Waals surface area contributed by atoms with Gasteiger partial charge < -0.3 is 9.13 Å². The number of hydrogen-bond acceptors (Lipinski definition) is 9. The van der Waals surface area contributed by atoms with E-state index >= 15 is 0 Å². The summed E-state index contributed by atoms with van der Waals surface area (Å²) in [6.45, 7) is 14.0. The Morgan fingerprint density at radius 3 is 0.759 bits per heavy atom. The maximum Gasteiger partial charge on any atom is 0.238 e. The summed E-state index contributed by atoms with van der Waals surface area (Å²) in [7, 11) is 0. The van der Waals surface area contributed by atoms with Gasteiger partial charge >= 0.3 is 0 Å². The lowest BCUT2D eigenvalue weighted by Gasteiger charge is -2.21. The summed E-state index contributed by atoms with van der Waals surface area (Å²) >= 11 is 0. The lowest BCUT2D eigenvalue weighted by molar-refractivity contribution is 0.661. The van der Waals surface area contributed by atoms with Gasteiger partial charge in [-0.15, -0.1) is 0 Å². The molecule has 0 saturated heterocycles. The van der Waals surface area contributed by atoms with Gasteiger partial charge in [0, 0.05) is 110 Å². The molecule has 0 aliphatic heterocycles. The molecule has 0 bridgehead atoms. The zero-order valence-corrected chi connectivity index (χ0v) is 80.6. The molecular formula is C132H93N13. The highest BCUT2D eigenvalue weighted by atomic mass is 15.2. The van der Waals surface area contributed by atoms with Crippen LogP contribution < -0.4 is 0 Å². The molecule has 3 aliphatic carbocycles. The second-order valence-electron chi connectivity index (χ2n) is 39.6. The predicted octanol–water partition coefficient (Wildman–Crippen LogP) is 32.3. The maximum absolute atomic E-state index is 5.32. The van der Waals surface area contributed by atoms with Gasteiger partial charge in [0.05, 0.1) is 44.1 Å². The number of rotatable bonds is 12. The SMILES string of the molecule is CC1(C)c2ccccc2-c2cc3c(cc21)c1cc(-c2ccccc2)ccc1n3-c1nc(-c2ccccc2)nc(-c2ccccc2)n1.CC1(C)c2ccccc2-c2cc3c(cc21)c1ccccc1n3-c1ccc(-c2nc(-c3ccccc3)nc(-c3ccccc3)n2)cc1.CC1(C)c2ccccc2-c2cc3c(cc21)c1ccccc1n3-c1nc(-c2ccccc2)nc(-c2ccc3c(c2)c2ccccc2n3-c2ccccc2)n1. The van der Waals surface area contributed by atoms with Gasteiger partial charge in [0.15, 0.2) is 40.8 Å². The molecule has 7 heterocycles. The van der Waals surface area contributed by atoms with E-state index in [1.165, 1.54) is 127 Å². The Morgan fingerprint density at radius 1 is 0.145 bits per heavy atom. The van der Waals surface area contributed by atoms with Crippen molar-refractivity contribution in [3.63, 3.8) is 0 Å². The number of benzene rings is 19. The van der Waals surface area contributed by atoms with Gasteiger partial charge in [-0.25, -0.2) is 24.9 Å². The average molecular weight is 1860 g/mol. The Morgan fingerprint density at radius 2 is 0.379 bits per heavy atom. The van der Waals surface area contributed by atoms with Crippen molar-refractivity contribution in [2.45, 2.75) is 57.8 Å². The molecule has 26 aromatic rings. The number of para-hydroxylation sites is 4. The first-order valence-electron chi connectivity index (χ1n) is 49.6. The summed E-state index contributed by atoms with van der Waals surface area (Å²) < 4.78 is 9.18. The van der Waals surface area contributed by atoms with Crippen LogP contribution in [0.4, 0.5) is 0 Å². The molecule has 19 aromatic carbocycles. The molecule has 0 spiro atoms. The van der Waals surface area contributed by atoms with E-state index in [1.54, 1.807) is 0 Å². The summed E-state index contributed by atoms with van der Waals surface area (Å²) in [6, 6.07) is 161. The summed E-state index contributed by atoms with van der Waals surface area (Å²) in [6.07, 6.45) is 0. The van der Waals surface area contributed by atoms with Crippen LogP contribution in [0.15, 0.2) is 455 Å². The Hall–Kier alpha value is -18.6. The van der Waals surface area contributed by atoms with Crippen molar-refractivity contribution in [2.24, 2.45) is 0 Å². The van der Waals surface area contributed by atoms with Crippen LogP contribution in [-0.4, -0.2) is 63.1 Å². The van der Waals surface area contributed by atoms with Crippen LogP contribution >= 0.6 is 0 Å². The number of fused-ring (bicyclic) bond motifs is 21. The molecule has 145 heavy (non-hydrogen) atoms. The number of hydrogen-bond donors (Lipinski definition) is 0. The van der Waals surface area contributed by atoms with Crippen LogP contribution in [0.5, 0.6) is 0 Å². The van der Waals surface area contributed by atoms with E-state index in [0.717, 1.165) is 88.8 Å². The monoisotopic (exact) mass is 1860 g/mol. The highest BCUT2D eigenvalue weighted by Gasteiger charge is 2.40. The van der Waals surface area contributed by atoms with Crippen LogP contribution in [0.25, 0.3) is 235 Å². The predicted molar refractivity (Wildman–Crippen MR) is 593 cm³/mol. The van der Waals surface area contributed by atoms with Crippen LogP contribution in [0.3, 0.4) is 0 Å². The minimum atomic E-state index is -0.111. The van der Waals surface area contributed by atoms with Crippen molar-refractivity contribution in [1.29, 1.82) is 0 Å². The minimum absolute atomic E-state index is 0.0489. The lowest BCUT2D eigenvalue weighted by Crippen LogP contribution is -2.14. The smallest absolute Gasteiger partial charge is 0.238 e. The highest BCUT2D eigenvalue weighted by Crippen LogP contribution is 2.56. The molecule has 0 amide bonds. The molecule has 7 aromatic heterocycles. The quantitative estimate of drug-likeness (QED) is 0.117. The van der Waals surface area contributed by atoms with Gasteiger partial charge in [0.2, 0.25) is 11.9 Å². The van der Waals surface area contributed by atoms with Gasteiger partial charge in [0.1, 0.15) is 0 Å². The summed E-state index contributed by atoms with van der Waals surface area (Å²) in [4.78, 5) is 45.7. The van der Waals surface area contributed by atoms with Gasteiger partial charge in [0.25, 0.3) is 0 Å². The molecule has 0 radical (unpaired) electrons. The van der Waals surface area contributed by atoms with E-state index in [4.69, 9.17) is 44.9 Å². The van der Waals surface area contributed by atoms with E-state index in [0.29, 0.717) is 52.7 Å². The third-order valence-corrected chi connectivity index (χ3v) is 30.1. The molecule has 0 N–H and O–H groups in total. The number of nitrogens with zero attached hydrogens (tertiary/aromatic N) is 13. The first-order chi connectivity index (χ1) is 71.2. The fraction of sp³-hybridized carbons (Fsp3) is 0.0682. The second kappa shape index (κ2) is 33.9. The third kappa shape index (κ3) is 14.1. The normalized spacial score (nSPS) is 13.2. The van der Waals surface area contributed by atoms with E-state index in [-0.39, 0.29) is 16.2 Å². The Bertz CT molecular complexity index is 9570. The van der Waals surface area contributed by atoms with E-state index in [2.05, 4.69) is 400 Å². The van der Waals surface area contributed by atoms with E-state index in [1.807, 2.05) is 115 Å². The van der Waals surface area contributed by atoms with Crippen molar-refractivity contribution < 1.29 is 0 Å². The maximum atomic E-state index is 5.32. The van der Waals surface area contributed by atoms with Crippen LogP contribution in [0.1, 0.15) is 74.9 Å². The average Bonchev–Trinajstić information content (AvgIpc) is 1.55. The summed E-state index contributed by atoms with van der Waals surface area (Å²) in [5.41, 5.74) is 35.9. The second-order valence-corrected chi connectivity index (χ2v) is 39.6. The molecule has 0 atom stereocenters. The summed E-state index contributed by atoms with van der Waals surface area (Å²) in [5.74, 6) is 5.73. The van der Waals surface area contributed by atoms with Crippen molar-refractivity contribution in [1.82, 2.24) is 63.1 Å². The van der Waals surface area contributed by atoms with E-state index < -0.39 is 0 Å². The van der Waals surface area contributed by atoms with Gasteiger partial charge in [-0.1, -0.05) is 375 Å². The molecule has 0 fully saturated rings. The molecule has 29 rings (SSSR count). The Kier molecular flexibility index (Phi) is 20.0. The Balaban J connectivity index is 0.000000108. The first kappa shape index (κ1) is 85.6. The van der Waals surface area contributed by atoms with Gasteiger partial charge in [-0.05, 0) is 199 Å². The van der Waals surface area contributed by atoms with Crippen molar-refractivity contribution in [2.75, 3.05) is 0 Å². The zero-order valence-electron chi connectivity index (χ0n) is 80.6. The topological polar surface area (TPSA) is 136 Å². The molecule has 3 aliphatic rings. The van der Waals surface area contributed by atoms with E-state index in [9.17, 15) is 0 Å². The molecular weight excluding hydrogens is 1770 g/mol. The van der Waals surface area contributed by atoms with Crippen molar-refractivity contribution in [3.05, 3.63) is 488 Å². The lowest BCUT2D eigenvalue weighted by atomic mass is 9.82. The van der Waals surface area contributed by atoms with Gasteiger partial charge in [-0.2, -0.15) is 19.9 Å². The molecule has 686 valence electrons. The van der Waals surface area contributed by atoms with Crippen molar-refractivity contribution in [3.8, 4) is 147 Å². The summed E-state index contributed by atoms with van der Waals surface area (Å²) in [5, 5.41) is 9.60. The van der Waals surface area contributed by atoms with Crippen molar-refractivity contribution >= 4 is 87.2 Å². The standard InChI is InChI=1S/C48H33N5.2C42H30N4/c1-48(2)39-22-12-9-19-33(39)36-29-44-38(28-40(36)48)35-21-11-14-24-42(35)53(44)47-50-45(30-15-5-3-6-16-30)49-46(51-47)31-25-26-43-37(27-31)34-20-10-13-23-41(34)52(43)32-17-7-4-8-18-32;1-42(2)35-21-13-12-20-31(35)32-26-38-34(25-36(32)42)33-24-30(27-14-6-3-7-15-27)22-23-37(33)46(38)41-44-39(28-16-8-4-9-17-28)43-40(45-41)29-18-10-5-11-19-29;1-42(2)35-19-11-9-17-31(35)33-26-38-34(25-36(33)42)32-18-10-12-20-37(32)46(38)30-23-21-29(22-24-30)41-44-39(27-13-5-3-6-14-27)43-40(45-41)28-15-7-4-8-16-28/h3-29H,1-2H3;2*3-26H,1-2H3. The fourth-order valence-corrected chi connectivity index (χ4v) is 22.9. The first-order valence-corrected chi connectivity index (χ1v) is 49.6. The number of aromatic nitrogens is 13. The highest BCUT2D eigenvalue weighted by molar-refractivity contribution is 6.16. The molecule has 13 heteroatoms. The molecule has 13 nitrogen and oxygen atoms in total. The van der Waals surface area contributed by atoms with Crippen LogP contribution in [0, 0.1) is 0 Å². The zero-order chi connectivity index (χ0) is 96.9.